The topological polar surface area (TPSA) is 72.5 Å². The summed E-state index contributed by atoms with van der Waals surface area (Å²) >= 11 is 3.52. The van der Waals surface area contributed by atoms with Crippen molar-refractivity contribution in [3.8, 4) is 28.7 Å². The second-order valence-corrected chi connectivity index (χ2v) is 8.58. The van der Waals surface area contributed by atoms with Crippen molar-refractivity contribution in [1.82, 2.24) is 0 Å². The highest BCUT2D eigenvalue weighted by Crippen LogP contribution is 2.38. The van der Waals surface area contributed by atoms with Crippen molar-refractivity contribution in [2.24, 2.45) is 0 Å². The molecule has 33 heavy (non-hydrogen) atoms. The fraction of sp³-hybridized carbons (Fsp3) is 0.160. The van der Waals surface area contributed by atoms with Gasteiger partial charge < -0.3 is 28.4 Å². The summed E-state index contributed by atoms with van der Waals surface area (Å²) < 4.78 is 34.5. The molecule has 0 bridgehead atoms. The number of ketones is 1. The summed E-state index contributed by atoms with van der Waals surface area (Å²) in [6.45, 7) is 1.21. The van der Waals surface area contributed by atoms with Gasteiger partial charge in [-0.15, -0.1) is 0 Å². The van der Waals surface area contributed by atoms with Gasteiger partial charge in [-0.05, 0) is 48.0 Å². The lowest BCUT2D eigenvalue weighted by Gasteiger charge is -2.21. The Labute approximate surface area is 197 Å². The number of carbonyl (C=O) groups excluding carboxylic acids is 1. The summed E-state index contributed by atoms with van der Waals surface area (Å²) in [5.41, 5.74) is 3.16. The van der Waals surface area contributed by atoms with Gasteiger partial charge in [0.1, 0.15) is 23.9 Å². The minimum atomic E-state index is -0.177. The molecule has 0 saturated heterocycles. The van der Waals surface area contributed by atoms with Crippen LogP contribution in [-0.4, -0.2) is 19.4 Å². The van der Waals surface area contributed by atoms with Crippen LogP contribution in [0.5, 0.6) is 28.7 Å². The number of hydrogen-bond acceptors (Lipinski definition) is 7. The third-order valence-electron chi connectivity index (χ3n) is 5.48. The first kappa shape index (κ1) is 20.1. The molecule has 3 aliphatic heterocycles. The molecule has 0 spiro atoms. The van der Waals surface area contributed by atoms with Gasteiger partial charge in [-0.1, -0.05) is 22.0 Å². The van der Waals surface area contributed by atoms with E-state index < -0.39 is 0 Å². The van der Waals surface area contributed by atoms with Gasteiger partial charge in [-0.3, -0.25) is 4.79 Å². The zero-order valence-electron chi connectivity index (χ0n) is 17.3. The predicted molar refractivity (Wildman–Crippen MR) is 121 cm³/mol. The first-order chi connectivity index (χ1) is 16.1. The number of ether oxygens (including phenoxy) is 6. The maximum atomic E-state index is 12.8. The minimum Gasteiger partial charge on any atom is -0.489 e. The number of rotatable bonds is 4. The van der Waals surface area contributed by atoms with E-state index in [1.165, 1.54) is 0 Å². The fourth-order valence-electron chi connectivity index (χ4n) is 3.94. The number of benzene rings is 3. The lowest BCUT2D eigenvalue weighted by Crippen LogP contribution is -2.14. The maximum absolute atomic E-state index is 12.8. The van der Waals surface area contributed by atoms with E-state index in [1.807, 2.05) is 30.3 Å². The van der Waals surface area contributed by atoms with E-state index in [0.29, 0.717) is 41.8 Å². The Kier molecular flexibility index (Phi) is 4.96. The minimum absolute atomic E-state index is 0.177. The quantitative estimate of drug-likeness (QED) is 0.446. The van der Waals surface area contributed by atoms with Gasteiger partial charge in [0.25, 0.3) is 0 Å². The summed E-state index contributed by atoms with van der Waals surface area (Å²) in [4.78, 5) is 12.8. The molecule has 3 aromatic rings. The van der Waals surface area contributed by atoms with Crippen LogP contribution in [0.3, 0.4) is 0 Å². The molecule has 8 heteroatoms. The predicted octanol–water partition coefficient (Wildman–Crippen LogP) is 5.24. The Morgan fingerprint density at radius 3 is 2.79 bits per heavy atom. The molecule has 0 saturated carbocycles. The molecule has 0 N–H and O–H groups in total. The molecule has 3 heterocycles. The van der Waals surface area contributed by atoms with Crippen LogP contribution < -0.4 is 23.7 Å². The zero-order chi connectivity index (χ0) is 22.4. The van der Waals surface area contributed by atoms with Gasteiger partial charge in [0.15, 0.2) is 24.1 Å². The average Bonchev–Trinajstić information content (AvgIpc) is 3.41. The molecule has 3 aromatic carbocycles. The van der Waals surface area contributed by atoms with Crippen molar-refractivity contribution in [2.75, 3.05) is 13.6 Å². The first-order valence-electron chi connectivity index (χ1n) is 10.3. The van der Waals surface area contributed by atoms with Gasteiger partial charge in [0.2, 0.25) is 12.6 Å². The summed E-state index contributed by atoms with van der Waals surface area (Å²) in [6.07, 6.45) is 1.69. The molecule has 0 aliphatic carbocycles. The third-order valence-corrected chi connectivity index (χ3v) is 5.94. The highest BCUT2D eigenvalue weighted by atomic mass is 79.9. The number of carbonyl (C=O) groups is 1. The van der Waals surface area contributed by atoms with E-state index in [-0.39, 0.29) is 25.1 Å². The van der Waals surface area contributed by atoms with Crippen molar-refractivity contribution < 1.29 is 33.2 Å². The molecular formula is C25H17BrO7. The van der Waals surface area contributed by atoms with E-state index in [4.69, 9.17) is 28.4 Å². The smallest absolute Gasteiger partial charge is 0.231 e. The van der Waals surface area contributed by atoms with Crippen molar-refractivity contribution in [3.63, 3.8) is 0 Å². The first-order valence-corrected chi connectivity index (χ1v) is 11.1. The van der Waals surface area contributed by atoms with E-state index in [1.54, 1.807) is 24.3 Å². The molecule has 0 radical (unpaired) electrons. The van der Waals surface area contributed by atoms with Gasteiger partial charge in [0.05, 0.1) is 12.2 Å². The molecule has 3 aliphatic rings. The second kappa shape index (κ2) is 8.13. The summed E-state index contributed by atoms with van der Waals surface area (Å²) in [6, 6.07) is 14.6. The largest absolute Gasteiger partial charge is 0.489 e. The van der Waals surface area contributed by atoms with Crippen LogP contribution in [0.25, 0.3) is 6.08 Å². The molecule has 7 nitrogen and oxygen atoms in total. The molecule has 0 amide bonds. The van der Waals surface area contributed by atoms with Crippen molar-refractivity contribution in [1.29, 1.82) is 0 Å². The van der Waals surface area contributed by atoms with Crippen LogP contribution in [0.2, 0.25) is 0 Å². The molecular weight excluding hydrogens is 492 g/mol. The highest BCUT2D eigenvalue weighted by Gasteiger charge is 2.28. The van der Waals surface area contributed by atoms with Crippen LogP contribution in [0.4, 0.5) is 0 Å². The molecule has 0 fully saturated rings. The Balaban J connectivity index is 1.21. The zero-order valence-corrected chi connectivity index (χ0v) is 18.8. The third kappa shape index (κ3) is 3.81. The Morgan fingerprint density at radius 2 is 1.85 bits per heavy atom. The fourth-order valence-corrected chi connectivity index (χ4v) is 4.49. The number of fused-ring (bicyclic) bond motifs is 3. The van der Waals surface area contributed by atoms with Crippen LogP contribution in [0.1, 0.15) is 27.0 Å². The van der Waals surface area contributed by atoms with Crippen LogP contribution in [0, 0.1) is 0 Å². The molecule has 166 valence electrons. The Bertz CT molecular complexity index is 1310. The monoisotopic (exact) mass is 508 g/mol. The number of Topliss-reactive ketones (excluding diaryl/α,β-unsaturated/α-hetero) is 1. The van der Waals surface area contributed by atoms with Crippen LogP contribution in [-0.2, 0) is 18.0 Å². The summed E-state index contributed by atoms with van der Waals surface area (Å²) in [7, 11) is 0. The average molecular weight is 509 g/mol. The van der Waals surface area contributed by atoms with Gasteiger partial charge in [-0.2, -0.15) is 0 Å². The van der Waals surface area contributed by atoms with Crippen LogP contribution >= 0.6 is 15.9 Å². The molecule has 0 unspecified atom stereocenters. The number of halogens is 1. The standard InChI is InChI=1S/C25H17BrO7/c26-17-7-15-10-28-12-32-25(15)16(8-17)11-29-18-2-3-19-21(9-18)33-23(24(19)27)6-14-1-4-20-22(5-14)31-13-30-20/h1-9H,10-13H2/b23-6-. The molecule has 0 aromatic heterocycles. The second-order valence-electron chi connectivity index (χ2n) is 7.66. The van der Waals surface area contributed by atoms with Gasteiger partial charge in [-0.25, -0.2) is 0 Å². The molecule has 6 rings (SSSR count). The van der Waals surface area contributed by atoms with Crippen molar-refractivity contribution in [3.05, 3.63) is 81.0 Å². The SMILES string of the molecule is O=C1/C(=C/c2ccc3c(c2)OCO3)Oc2cc(OCc3cc(Br)cc4c3OCOC4)ccc21. The Hall–Kier alpha value is -3.49. The van der Waals surface area contributed by atoms with E-state index >= 15 is 0 Å². The van der Waals surface area contributed by atoms with E-state index in [9.17, 15) is 4.79 Å². The normalized spacial score (nSPS) is 16.8. The highest BCUT2D eigenvalue weighted by molar-refractivity contribution is 9.10. The van der Waals surface area contributed by atoms with Crippen molar-refractivity contribution >= 4 is 27.8 Å². The lowest BCUT2D eigenvalue weighted by atomic mass is 10.1. The molecule has 0 atom stereocenters. The number of hydrogen-bond donors (Lipinski definition) is 0. The van der Waals surface area contributed by atoms with E-state index in [2.05, 4.69) is 15.9 Å². The van der Waals surface area contributed by atoms with E-state index in [0.717, 1.165) is 26.9 Å². The van der Waals surface area contributed by atoms with Gasteiger partial charge in [0, 0.05) is 21.7 Å². The van der Waals surface area contributed by atoms with Crippen molar-refractivity contribution in [2.45, 2.75) is 13.2 Å². The van der Waals surface area contributed by atoms with Gasteiger partial charge >= 0.3 is 0 Å². The Morgan fingerprint density at radius 1 is 0.939 bits per heavy atom. The van der Waals surface area contributed by atoms with Crippen LogP contribution in [0.15, 0.2) is 58.8 Å². The maximum Gasteiger partial charge on any atom is 0.231 e. The summed E-state index contributed by atoms with van der Waals surface area (Å²) in [5, 5.41) is 0. The summed E-state index contributed by atoms with van der Waals surface area (Å²) in [5.74, 6) is 3.24. The number of allylic oxidation sites excluding steroid dienone is 1. The lowest BCUT2D eigenvalue weighted by molar-refractivity contribution is -0.0176.